The van der Waals surface area contributed by atoms with Crippen LogP contribution in [0.2, 0.25) is 0 Å². The van der Waals surface area contributed by atoms with Gasteiger partial charge < -0.3 is 20.7 Å². The predicted octanol–water partition coefficient (Wildman–Crippen LogP) is 2.69. The van der Waals surface area contributed by atoms with E-state index in [0.29, 0.717) is 13.2 Å². The molecule has 0 saturated carbocycles. The Bertz CT molecular complexity index is 433. The van der Waals surface area contributed by atoms with Crippen LogP contribution in [0, 0.1) is 0 Å². The molecule has 0 unspecified atom stereocenters. The number of carbonyl (C=O) groups is 1. The summed E-state index contributed by atoms with van der Waals surface area (Å²) < 4.78 is 5.22. The number of likely N-dealkylation sites (tertiary alicyclic amines) is 1. The maximum atomic E-state index is 11.8. The summed E-state index contributed by atoms with van der Waals surface area (Å²) in [5.74, 6) is 0. The van der Waals surface area contributed by atoms with Crippen LogP contribution in [0.15, 0.2) is 24.3 Å². The lowest BCUT2D eigenvalue weighted by atomic mass is 10.2. The lowest BCUT2D eigenvalue weighted by molar-refractivity contribution is 0.109. The number of carbonyl (C=O) groups excluding carboxylic acids is 1. The van der Waals surface area contributed by atoms with Crippen molar-refractivity contribution in [3.63, 3.8) is 0 Å². The molecule has 0 aliphatic carbocycles. The average Bonchev–Trinajstić information content (AvgIpc) is 2.90. The summed E-state index contributed by atoms with van der Waals surface area (Å²) in [5, 5.41) is 3.42. The second-order valence-electron chi connectivity index (χ2n) is 5.17. The van der Waals surface area contributed by atoms with E-state index in [-0.39, 0.29) is 12.1 Å². The van der Waals surface area contributed by atoms with Gasteiger partial charge in [0.1, 0.15) is 0 Å². The third-order valence-corrected chi connectivity index (χ3v) is 3.45. The number of hydrogen-bond donors (Lipinski definition) is 2. The molecule has 1 saturated heterocycles. The first-order chi connectivity index (χ1) is 9.69. The first kappa shape index (κ1) is 14.5. The van der Waals surface area contributed by atoms with Crippen LogP contribution in [0.25, 0.3) is 0 Å². The van der Waals surface area contributed by atoms with Crippen LogP contribution in [0.5, 0.6) is 0 Å². The van der Waals surface area contributed by atoms with Crippen LogP contribution in [-0.2, 0) is 4.74 Å². The fraction of sp³-hybridized carbons (Fsp3) is 0.533. The van der Waals surface area contributed by atoms with Crippen molar-refractivity contribution in [1.82, 2.24) is 4.90 Å². The van der Waals surface area contributed by atoms with Crippen molar-refractivity contribution in [2.45, 2.75) is 32.2 Å². The highest BCUT2D eigenvalue weighted by Gasteiger charge is 2.26. The molecule has 1 aliphatic heterocycles. The van der Waals surface area contributed by atoms with E-state index in [1.165, 1.54) is 0 Å². The molecule has 1 fully saturated rings. The molecule has 110 valence electrons. The molecule has 1 aliphatic rings. The number of rotatable bonds is 5. The van der Waals surface area contributed by atoms with Gasteiger partial charge in [0, 0.05) is 30.5 Å². The Labute approximate surface area is 120 Å². The molecule has 1 heterocycles. The molecule has 2 rings (SSSR count). The van der Waals surface area contributed by atoms with Gasteiger partial charge in [0.2, 0.25) is 0 Å². The number of anilines is 2. The average molecular weight is 277 g/mol. The molecule has 5 heteroatoms. The van der Waals surface area contributed by atoms with E-state index in [0.717, 1.165) is 37.2 Å². The van der Waals surface area contributed by atoms with Gasteiger partial charge in [-0.25, -0.2) is 4.79 Å². The molecule has 5 nitrogen and oxygen atoms in total. The van der Waals surface area contributed by atoms with Crippen molar-refractivity contribution >= 4 is 17.5 Å². The Kier molecular flexibility index (Phi) is 5.09. The molecule has 0 spiro atoms. The number of nitrogen functional groups attached to an aromatic ring is 1. The first-order valence-electron chi connectivity index (χ1n) is 7.23. The van der Waals surface area contributed by atoms with Gasteiger partial charge in [0.15, 0.2) is 0 Å². The zero-order valence-corrected chi connectivity index (χ0v) is 12.0. The Hall–Kier alpha value is -1.91. The summed E-state index contributed by atoms with van der Waals surface area (Å²) in [4.78, 5) is 13.6. The number of nitrogens with zero attached hydrogens (tertiary/aromatic N) is 1. The van der Waals surface area contributed by atoms with Crippen molar-refractivity contribution in [2.24, 2.45) is 0 Å². The minimum atomic E-state index is -0.194. The maximum absolute atomic E-state index is 11.8. The Morgan fingerprint density at radius 3 is 2.90 bits per heavy atom. The first-order valence-corrected chi connectivity index (χ1v) is 7.23. The molecular weight excluding hydrogens is 254 g/mol. The molecule has 20 heavy (non-hydrogen) atoms. The van der Waals surface area contributed by atoms with Crippen LogP contribution in [-0.4, -0.2) is 36.7 Å². The quantitative estimate of drug-likeness (QED) is 0.641. The Balaban J connectivity index is 1.77. The van der Waals surface area contributed by atoms with E-state index < -0.39 is 0 Å². The highest BCUT2D eigenvalue weighted by Crippen LogP contribution is 2.17. The van der Waals surface area contributed by atoms with Crippen LogP contribution >= 0.6 is 0 Å². The number of hydrogen-bond acceptors (Lipinski definition) is 4. The number of ether oxygens (including phenoxy) is 1. The monoisotopic (exact) mass is 277 g/mol. The van der Waals surface area contributed by atoms with E-state index in [1.807, 2.05) is 24.3 Å². The largest absolute Gasteiger partial charge is 0.449 e. The van der Waals surface area contributed by atoms with Crippen molar-refractivity contribution in [2.75, 3.05) is 30.7 Å². The minimum Gasteiger partial charge on any atom is -0.449 e. The van der Waals surface area contributed by atoms with Gasteiger partial charge in [-0.05, 0) is 37.1 Å². The Morgan fingerprint density at radius 2 is 2.20 bits per heavy atom. The number of nitrogens with two attached hydrogens (primary N) is 1. The smallest absolute Gasteiger partial charge is 0.409 e. The standard InChI is InChI=1S/C15H23N3O2/c1-2-3-10-20-15(19)18-9-8-14(11-18)17-13-6-4-12(16)5-7-13/h4-7,14,17H,2-3,8-11,16H2,1H3/t14-/m0/s1. The molecule has 1 aromatic rings. The lowest BCUT2D eigenvalue weighted by Crippen LogP contribution is -2.32. The van der Waals surface area contributed by atoms with Crippen molar-refractivity contribution < 1.29 is 9.53 Å². The van der Waals surface area contributed by atoms with Gasteiger partial charge in [-0.3, -0.25) is 0 Å². The molecule has 0 bridgehead atoms. The number of benzene rings is 1. The fourth-order valence-electron chi connectivity index (χ4n) is 2.25. The zero-order chi connectivity index (χ0) is 14.4. The summed E-state index contributed by atoms with van der Waals surface area (Å²) in [6.07, 6.45) is 2.70. The summed E-state index contributed by atoms with van der Waals surface area (Å²) in [6, 6.07) is 7.93. The van der Waals surface area contributed by atoms with E-state index in [2.05, 4.69) is 12.2 Å². The second kappa shape index (κ2) is 7.03. The van der Waals surface area contributed by atoms with Gasteiger partial charge in [0.05, 0.1) is 6.61 Å². The highest BCUT2D eigenvalue weighted by atomic mass is 16.6. The summed E-state index contributed by atoms with van der Waals surface area (Å²) in [5.41, 5.74) is 7.44. The van der Waals surface area contributed by atoms with E-state index >= 15 is 0 Å². The maximum Gasteiger partial charge on any atom is 0.409 e. The SMILES string of the molecule is CCCCOC(=O)N1CC[C@H](Nc2ccc(N)cc2)C1. The topological polar surface area (TPSA) is 67.6 Å². The second-order valence-corrected chi connectivity index (χ2v) is 5.17. The van der Waals surface area contributed by atoms with Crippen LogP contribution in [0.3, 0.4) is 0 Å². The molecule has 0 radical (unpaired) electrons. The molecule has 1 amide bonds. The number of nitrogens with one attached hydrogen (secondary N) is 1. The predicted molar refractivity (Wildman–Crippen MR) is 80.7 cm³/mol. The molecule has 1 aromatic carbocycles. The van der Waals surface area contributed by atoms with Crippen LogP contribution in [0.4, 0.5) is 16.2 Å². The minimum absolute atomic E-state index is 0.194. The van der Waals surface area contributed by atoms with Gasteiger partial charge in [-0.2, -0.15) is 0 Å². The lowest BCUT2D eigenvalue weighted by Gasteiger charge is -2.17. The third-order valence-electron chi connectivity index (χ3n) is 3.45. The van der Waals surface area contributed by atoms with E-state index in [1.54, 1.807) is 4.90 Å². The molecular formula is C15H23N3O2. The van der Waals surface area contributed by atoms with Crippen molar-refractivity contribution in [1.29, 1.82) is 0 Å². The number of unbranched alkanes of at least 4 members (excludes halogenated alkanes) is 1. The normalized spacial score (nSPS) is 18.1. The van der Waals surface area contributed by atoms with Crippen LogP contribution in [0.1, 0.15) is 26.2 Å². The summed E-state index contributed by atoms with van der Waals surface area (Å²) in [6.45, 7) is 4.03. The van der Waals surface area contributed by atoms with E-state index in [4.69, 9.17) is 10.5 Å². The molecule has 0 aromatic heterocycles. The van der Waals surface area contributed by atoms with Gasteiger partial charge >= 0.3 is 6.09 Å². The molecule has 3 N–H and O–H groups in total. The zero-order valence-electron chi connectivity index (χ0n) is 12.0. The van der Waals surface area contributed by atoms with Gasteiger partial charge in [-0.1, -0.05) is 13.3 Å². The summed E-state index contributed by atoms with van der Waals surface area (Å²) >= 11 is 0. The number of amides is 1. The highest BCUT2D eigenvalue weighted by molar-refractivity contribution is 5.68. The van der Waals surface area contributed by atoms with Crippen molar-refractivity contribution in [3.8, 4) is 0 Å². The fourth-order valence-corrected chi connectivity index (χ4v) is 2.25. The van der Waals surface area contributed by atoms with Crippen LogP contribution < -0.4 is 11.1 Å². The third kappa shape index (κ3) is 4.05. The molecule has 1 atom stereocenters. The van der Waals surface area contributed by atoms with Gasteiger partial charge in [-0.15, -0.1) is 0 Å². The van der Waals surface area contributed by atoms with Gasteiger partial charge in [0.25, 0.3) is 0 Å². The summed E-state index contributed by atoms with van der Waals surface area (Å²) in [7, 11) is 0. The Morgan fingerprint density at radius 1 is 1.45 bits per heavy atom. The van der Waals surface area contributed by atoms with E-state index in [9.17, 15) is 4.79 Å². The van der Waals surface area contributed by atoms with Crippen molar-refractivity contribution in [3.05, 3.63) is 24.3 Å².